The summed E-state index contributed by atoms with van der Waals surface area (Å²) in [5.74, 6) is 0.844. The van der Waals surface area contributed by atoms with Crippen LogP contribution in [0.5, 0.6) is 0 Å². The fourth-order valence-corrected chi connectivity index (χ4v) is 3.34. The first-order valence-electron chi connectivity index (χ1n) is 11.2. The van der Waals surface area contributed by atoms with Gasteiger partial charge in [-0.15, -0.1) is 0 Å². The van der Waals surface area contributed by atoms with Gasteiger partial charge in [0.1, 0.15) is 12.1 Å². The van der Waals surface area contributed by atoms with Gasteiger partial charge in [0.15, 0.2) is 5.90 Å². The molecule has 0 radical (unpaired) electrons. The molecule has 0 saturated heterocycles. The summed E-state index contributed by atoms with van der Waals surface area (Å²) in [5.41, 5.74) is -0.391. The standard InChI is InChI=1S/C23H43NO2.FH/c1-3-4-5-6-7-8-9-10-11-12-13-14-15-16-17-18-19-22-24-23(2,20-25)21-26-22;/h10-11,25H,3-9,12-21H2,1-2H3;1H/b11-10-;. The van der Waals surface area contributed by atoms with E-state index in [1.165, 1.54) is 83.5 Å². The van der Waals surface area contributed by atoms with Gasteiger partial charge >= 0.3 is 0 Å². The lowest BCUT2D eigenvalue weighted by molar-refractivity contribution is 0.169. The van der Waals surface area contributed by atoms with Crippen molar-refractivity contribution >= 4 is 5.90 Å². The number of ether oxygens (including phenoxy) is 1. The number of halogens is 1. The largest absolute Gasteiger partial charge is 0.478 e. The average Bonchev–Trinajstić information content (AvgIpc) is 3.03. The smallest absolute Gasteiger partial charge is 0.184 e. The van der Waals surface area contributed by atoms with Gasteiger partial charge in [-0.2, -0.15) is 0 Å². The van der Waals surface area contributed by atoms with Crippen LogP contribution in [-0.4, -0.2) is 29.8 Å². The fourth-order valence-electron chi connectivity index (χ4n) is 3.34. The predicted molar refractivity (Wildman–Crippen MR) is 115 cm³/mol. The molecule has 0 aromatic heterocycles. The van der Waals surface area contributed by atoms with Crippen LogP contribution in [0.2, 0.25) is 0 Å². The fraction of sp³-hybridized carbons (Fsp3) is 0.870. The molecule has 1 rings (SSSR count). The number of allylic oxidation sites excluding steroid dienone is 2. The quantitative estimate of drug-likeness (QED) is 0.222. The van der Waals surface area contributed by atoms with E-state index in [1.54, 1.807) is 0 Å². The minimum atomic E-state index is -0.391. The Balaban J connectivity index is 0.00000676. The molecule has 1 heterocycles. The molecule has 1 aliphatic heterocycles. The monoisotopic (exact) mass is 385 g/mol. The lowest BCUT2D eigenvalue weighted by atomic mass is 10.1. The van der Waals surface area contributed by atoms with E-state index in [-0.39, 0.29) is 11.3 Å². The van der Waals surface area contributed by atoms with Crippen molar-refractivity contribution in [2.24, 2.45) is 4.99 Å². The Morgan fingerprint density at radius 2 is 1.41 bits per heavy atom. The second kappa shape index (κ2) is 17.2. The first-order valence-corrected chi connectivity index (χ1v) is 11.2. The Morgan fingerprint density at radius 1 is 0.889 bits per heavy atom. The number of hydrogen-bond acceptors (Lipinski definition) is 3. The Labute approximate surface area is 167 Å². The molecule has 0 amide bonds. The van der Waals surface area contributed by atoms with Crippen molar-refractivity contribution in [3.05, 3.63) is 12.2 Å². The number of unbranched alkanes of at least 4 members (excludes halogenated alkanes) is 12. The molecule has 0 saturated carbocycles. The SMILES string of the molecule is CCCCCCCC/C=C\CCCCCCCCC1=NC(C)(CO)CO1.F. The number of rotatable bonds is 17. The van der Waals surface area contributed by atoms with Crippen LogP contribution >= 0.6 is 0 Å². The van der Waals surface area contributed by atoms with Gasteiger partial charge in [-0.1, -0.05) is 76.9 Å². The Bertz CT molecular complexity index is 398. The number of aliphatic imine (C=N–C) groups is 1. The zero-order chi connectivity index (χ0) is 18.9. The van der Waals surface area contributed by atoms with E-state index in [9.17, 15) is 5.11 Å². The number of hydrogen-bond donors (Lipinski definition) is 1. The van der Waals surface area contributed by atoms with Crippen molar-refractivity contribution in [2.75, 3.05) is 13.2 Å². The highest BCUT2D eigenvalue weighted by molar-refractivity contribution is 5.78. The maximum atomic E-state index is 9.26. The molecular weight excluding hydrogens is 341 g/mol. The van der Waals surface area contributed by atoms with Crippen molar-refractivity contribution < 1.29 is 14.5 Å². The highest BCUT2D eigenvalue weighted by Crippen LogP contribution is 2.20. The third kappa shape index (κ3) is 13.8. The van der Waals surface area contributed by atoms with Crippen molar-refractivity contribution in [3.63, 3.8) is 0 Å². The van der Waals surface area contributed by atoms with Gasteiger partial charge in [0, 0.05) is 6.42 Å². The molecule has 0 spiro atoms. The zero-order valence-electron chi connectivity index (χ0n) is 17.9. The molecule has 0 bridgehead atoms. The lowest BCUT2D eigenvalue weighted by Gasteiger charge is -2.12. The normalized spacial score (nSPS) is 19.1. The summed E-state index contributed by atoms with van der Waals surface area (Å²) >= 11 is 0. The summed E-state index contributed by atoms with van der Waals surface area (Å²) < 4.78 is 5.57. The molecule has 1 aliphatic rings. The molecule has 4 heteroatoms. The van der Waals surface area contributed by atoms with Gasteiger partial charge < -0.3 is 9.84 Å². The van der Waals surface area contributed by atoms with Crippen LogP contribution in [-0.2, 0) is 4.74 Å². The maximum absolute atomic E-state index is 9.26. The summed E-state index contributed by atoms with van der Waals surface area (Å²) in [5, 5.41) is 9.26. The summed E-state index contributed by atoms with van der Waals surface area (Å²) in [6.07, 6.45) is 24.3. The van der Waals surface area contributed by atoms with Crippen molar-refractivity contribution in [1.29, 1.82) is 0 Å². The van der Waals surface area contributed by atoms with Crippen molar-refractivity contribution in [1.82, 2.24) is 0 Å². The van der Waals surface area contributed by atoms with E-state index in [0.29, 0.717) is 6.61 Å². The van der Waals surface area contributed by atoms with Crippen LogP contribution in [0.15, 0.2) is 17.1 Å². The van der Waals surface area contributed by atoms with Crippen molar-refractivity contribution in [2.45, 2.75) is 116 Å². The Morgan fingerprint density at radius 3 is 1.93 bits per heavy atom. The third-order valence-electron chi connectivity index (χ3n) is 5.19. The van der Waals surface area contributed by atoms with Crippen LogP contribution in [0, 0.1) is 0 Å². The summed E-state index contributed by atoms with van der Waals surface area (Å²) in [6, 6.07) is 0. The number of aliphatic hydroxyl groups excluding tert-OH is 1. The Hall–Kier alpha value is -0.900. The third-order valence-corrected chi connectivity index (χ3v) is 5.19. The summed E-state index contributed by atoms with van der Waals surface area (Å²) in [4.78, 5) is 4.48. The molecule has 0 aromatic rings. The van der Waals surface area contributed by atoms with Crippen LogP contribution in [0.25, 0.3) is 0 Å². The maximum Gasteiger partial charge on any atom is 0.184 e. The van der Waals surface area contributed by atoms with Crippen LogP contribution in [0.4, 0.5) is 4.70 Å². The Kier molecular flexibility index (Phi) is 16.6. The van der Waals surface area contributed by atoms with Gasteiger partial charge in [-0.3, -0.25) is 4.70 Å². The molecular formula is C23H44FNO2. The van der Waals surface area contributed by atoms with Crippen molar-refractivity contribution in [3.8, 4) is 0 Å². The lowest BCUT2D eigenvalue weighted by Crippen LogP contribution is -2.28. The molecule has 0 aliphatic carbocycles. The minimum absolute atomic E-state index is 0. The molecule has 1 N–H and O–H groups in total. The van der Waals surface area contributed by atoms with E-state index in [2.05, 4.69) is 24.1 Å². The molecule has 0 fully saturated rings. The van der Waals surface area contributed by atoms with E-state index in [0.717, 1.165) is 18.7 Å². The first-order chi connectivity index (χ1) is 12.7. The van der Waals surface area contributed by atoms with Gasteiger partial charge in [0.05, 0.1) is 6.61 Å². The average molecular weight is 386 g/mol. The second-order valence-electron chi connectivity index (χ2n) is 8.14. The van der Waals surface area contributed by atoms with Crippen LogP contribution < -0.4 is 0 Å². The zero-order valence-corrected chi connectivity index (χ0v) is 17.9. The van der Waals surface area contributed by atoms with E-state index in [1.807, 2.05) is 6.92 Å². The van der Waals surface area contributed by atoms with Crippen LogP contribution in [0.3, 0.4) is 0 Å². The molecule has 27 heavy (non-hydrogen) atoms. The molecule has 1 atom stereocenters. The summed E-state index contributed by atoms with van der Waals surface area (Å²) in [7, 11) is 0. The minimum Gasteiger partial charge on any atom is -0.478 e. The number of nitrogens with zero attached hydrogens (tertiary/aromatic N) is 1. The molecule has 1 unspecified atom stereocenters. The van der Waals surface area contributed by atoms with Gasteiger partial charge in [-0.25, -0.2) is 4.99 Å². The van der Waals surface area contributed by atoms with E-state index < -0.39 is 5.54 Å². The van der Waals surface area contributed by atoms with Gasteiger partial charge in [-0.05, 0) is 39.0 Å². The molecule has 3 nitrogen and oxygen atoms in total. The molecule has 160 valence electrons. The highest BCUT2D eigenvalue weighted by atomic mass is 19.0. The topological polar surface area (TPSA) is 41.8 Å². The predicted octanol–water partition coefficient (Wildman–Crippen LogP) is 6.75. The second-order valence-corrected chi connectivity index (χ2v) is 8.14. The molecule has 0 aromatic carbocycles. The first kappa shape index (κ1) is 26.1. The highest BCUT2D eigenvalue weighted by Gasteiger charge is 2.30. The van der Waals surface area contributed by atoms with Gasteiger partial charge in [0.25, 0.3) is 0 Å². The van der Waals surface area contributed by atoms with Gasteiger partial charge in [0.2, 0.25) is 0 Å². The van der Waals surface area contributed by atoms with Crippen LogP contribution in [0.1, 0.15) is 110 Å². The van der Waals surface area contributed by atoms with E-state index >= 15 is 0 Å². The van der Waals surface area contributed by atoms with E-state index in [4.69, 9.17) is 4.74 Å². The summed E-state index contributed by atoms with van der Waals surface area (Å²) in [6.45, 7) is 4.83. The number of aliphatic hydroxyl groups is 1.